The summed E-state index contributed by atoms with van der Waals surface area (Å²) in [4.78, 5) is 22.7. The van der Waals surface area contributed by atoms with Crippen molar-refractivity contribution >= 4 is 12.0 Å². The third kappa shape index (κ3) is 9.97. The van der Waals surface area contributed by atoms with Crippen LogP contribution in [0.4, 0.5) is 18.0 Å². The number of hydrogen-bond acceptors (Lipinski definition) is 2. The van der Waals surface area contributed by atoms with E-state index in [1.165, 1.54) is 0 Å². The maximum absolute atomic E-state index is 12.4. The minimum atomic E-state index is -4.63. The number of carbonyl (C=O) groups is 2. The van der Waals surface area contributed by atoms with Crippen molar-refractivity contribution in [3.8, 4) is 0 Å². The lowest BCUT2D eigenvalue weighted by atomic mass is 10.1. The molecule has 0 aliphatic heterocycles. The molecular formula is C13H23F3N2O3. The first kappa shape index (κ1) is 19.5. The molecule has 124 valence electrons. The number of unbranched alkanes of at least 4 members (excludes halogenated alkanes) is 1. The number of carboxylic acid groups (broad SMARTS) is 1. The van der Waals surface area contributed by atoms with Crippen LogP contribution in [-0.4, -0.2) is 47.3 Å². The lowest BCUT2D eigenvalue weighted by Gasteiger charge is -2.26. The molecule has 0 spiro atoms. The Morgan fingerprint density at radius 1 is 1.19 bits per heavy atom. The second-order valence-electron chi connectivity index (χ2n) is 4.94. The fraction of sp³-hybridized carbons (Fsp3) is 0.846. The molecule has 0 rings (SSSR count). The molecule has 0 fully saturated rings. The van der Waals surface area contributed by atoms with Crippen LogP contribution in [0.1, 0.15) is 46.0 Å². The number of alkyl halides is 3. The van der Waals surface area contributed by atoms with Gasteiger partial charge in [0.2, 0.25) is 0 Å². The van der Waals surface area contributed by atoms with Crippen molar-refractivity contribution in [2.24, 2.45) is 0 Å². The van der Waals surface area contributed by atoms with Crippen molar-refractivity contribution in [1.82, 2.24) is 10.2 Å². The molecule has 0 aromatic carbocycles. The first-order chi connectivity index (χ1) is 9.69. The van der Waals surface area contributed by atoms with E-state index in [0.717, 1.165) is 19.3 Å². The van der Waals surface area contributed by atoms with E-state index in [1.54, 1.807) is 0 Å². The van der Waals surface area contributed by atoms with Gasteiger partial charge in [-0.2, -0.15) is 13.2 Å². The SMILES string of the molecule is CCCCC(CCC)NC(=O)N(CC(=O)O)CC(F)(F)F. The van der Waals surface area contributed by atoms with Gasteiger partial charge in [0, 0.05) is 6.04 Å². The van der Waals surface area contributed by atoms with Crippen LogP contribution in [0, 0.1) is 0 Å². The number of amides is 2. The van der Waals surface area contributed by atoms with Gasteiger partial charge in [-0.1, -0.05) is 33.1 Å². The predicted octanol–water partition coefficient (Wildman–Crippen LogP) is 3.00. The van der Waals surface area contributed by atoms with Gasteiger partial charge in [0.05, 0.1) is 0 Å². The summed E-state index contributed by atoms with van der Waals surface area (Å²) in [5, 5.41) is 11.1. The van der Waals surface area contributed by atoms with Gasteiger partial charge in [-0.25, -0.2) is 4.79 Å². The molecule has 0 saturated heterocycles. The second-order valence-corrected chi connectivity index (χ2v) is 4.94. The van der Waals surface area contributed by atoms with Crippen molar-refractivity contribution in [2.75, 3.05) is 13.1 Å². The van der Waals surface area contributed by atoms with E-state index >= 15 is 0 Å². The van der Waals surface area contributed by atoms with E-state index in [-0.39, 0.29) is 10.9 Å². The normalized spacial score (nSPS) is 12.8. The van der Waals surface area contributed by atoms with Gasteiger partial charge in [0.1, 0.15) is 13.1 Å². The molecular weight excluding hydrogens is 289 g/mol. The van der Waals surface area contributed by atoms with Crippen LogP contribution in [0.25, 0.3) is 0 Å². The van der Waals surface area contributed by atoms with E-state index < -0.39 is 31.3 Å². The zero-order chi connectivity index (χ0) is 16.5. The summed E-state index contributed by atoms with van der Waals surface area (Å²) in [6, 6.07) is -1.21. The molecule has 21 heavy (non-hydrogen) atoms. The summed E-state index contributed by atoms with van der Waals surface area (Å²) in [6.45, 7) is 1.34. The Morgan fingerprint density at radius 2 is 1.81 bits per heavy atom. The van der Waals surface area contributed by atoms with E-state index in [1.807, 2.05) is 13.8 Å². The highest BCUT2D eigenvalue weighted by Crippen LogP contribution is 2.17. The summed E-state index contributed by atoms with van der Waals surface area (Å²) in [5.41, 5.74) is 0. The monoisotopic (exact) mass is 312 g/mol. The summed E-state index contributed by atoms with van der Waals surface area (Å²) < 4.78 is 37.2. The number of urea groups is 1. The number of carbonyl (C=O) groups excluding carboxylic acids is 1. The number of rotatable bonds is 9. The first-order valence-corrected chi connectivity index (χ1v) is 7.03. The van der Waals surface area contributed by atoms with Gasteiger partial charge in [-0.3, -0.25) is 4.79 Å². The van der Waals surface area contributed by atoms with E-state index in [9.17, 15) is 22.8 Å². The van der Waals surface area contributed by atoms with Crippen LogP contribution in [0.15, 0.2) is 0 Å². The highest BCUT2D eigenvalue weighted by Gasteiger charge is 2.34. The third-order valence-corrected chi connectivity index (χ3v) is 2.85. The molecule has 0 aromatic rings. The van der Waals surface area contributed by atoms with Crippen molar-refractivity contribution in [3.63, 3.8) is 0 Å². The maximum Gasteiger partial charge on any atom is 0.406 e. The second kappa shape index (κ2) is 9.46. The smallest absolute Gasteiger partial charge is 0.406 e. The number of halogens is 3. The number of aliphatic carboxylic acids is 1. The molecule has 0 aliphatic rings. The molecule has 2 amide bonds. The van der Waals surface area contributed by atoms with E-state index in [2.05, 4.69) is 5.32 Å². The van der Waals surface area contributed by atoms with Crippen molar-refractivity contribution in [1.29, 1.82) is 0 Å². The molecule has 0 radical (unpaired) electrons. The Balaban J connectivity index is 4.71. The molecule has 0 saturated carbocycles. The lowest BCUT2D eigenvalue weighted by Crippen LogP contribution is -2.49. The molecule has 0 aliphatic carbocycles. The number of hydrogen-bond donors (Lipinski definition) is 2. The maximum atomic E-state index is 12.4. The van der Waals surface area contributed by atoms with Crippen molar-refractivity contribution in [2.45, 2.75) is 58.2 Å². The predicted molar refractivity (Wildman–Crippen MR) is 72.0 cm³/mol. The first-order valence-electron chi connectivity index (χ1n) is 7.03. The number of carboxylic acids is 1. The summed E-state index contributed by atoms with van der Waals surface area (Å²) in [5.74, 6) is -1.48. The standard InChI is InChI=1S/C13H23F3N2O3/c1-3-5-7-10(6-4-2)17-12(21)18(8-11(19)20)9-13(14,15)16/h10H,3-9H2,1-2H3,(H,17,21)(H,19,20). The molecule has 0 heterocycles. The van der Waals surface area contributed by atoms with Gasteiger partial charge in [-0.05, 0) is 12.8 Å². The Bertz CT molecular complexity index is 335. The molecule has 0 bridgehead atoms. The zero-order valence-corrected chi connectivity index (χ0v) is 12.4. The highest BCUT2D eigenvalue weighted by atomic mass is 19.4. The molecule has 0 aromatic heterocycles. The van der Waals surface area contributed by atoms with Gasteiger partial charge in [0.25, 0.3) is 0 Å². The topological polar surface area (TPSA) is 69.6 Å². The van der Waals surface area contributed by atoms with Crippen LogP contribution in [0.2, 0.25) is 0 Å². The average molecular weight is 312 g/mol. The molecule has 8 heteroatoms. The summed E-state index contributed by atoms with van der Waals surface area (Å²) >= 11 is 0. The van der Waals surface area contributed by atoms with Crippen LogP contribution in [-0.2, 0) is 4.79 Å². The average Bonchev–Trinajstić information content (AvgIpc) is 2.33. The molecule has 5 nitrogen and oxygen atoms in total. The van der Waals surface area contributed by atoms with Gasteiger partial charge in [0.15, 0.2) is 0 Å². The third-order valence-electron chi connectivity index (χ3n) is 2.85. The molecule has 1 unspecified atom stereocenters. The molecule has 1 atom stereocenters. The fourth-order valence-corrected chi connectivity index (χ4v) is 1.93. The van der Waals surface area contributed by atoms with Crippen LogP contribution < -0.4 is 5.32 Å². The quantitative estimate of drug-likeness (QED) is 0.687. The minimum absolute atomic E-state index is 0.230. The van der Waals surface area contributed by atoms with Crippen molar-refractivity contribution in [3.05, 3.63) is 0 Å². The Kier molecular flexibility index (Phi) is 8.80. The minimum Gasteiger partial charge on any atom is -0.480 e. The molecule has 2 N–H and O–H groups in total. The Morgan fingerprint density at radius 3 is 2.24 bits per heavy atom. The van der Waals surface area contributed by atoms with E-state index in [4.69, 9.17) is 5.11 Å². The van der Waals surface area contributed by atoms with Crippen molar-refractivity contribution < 1.29 is 27.9 Å². The van der Waals surface area contributed by atoms with Crippen LogP contribution in [0.5, 0.6) is 0 Å². The Labute approximate surface area is 122 Å². The van der Waals surface area contributed by atoms with Gasteiger partial charge in [-0.15, -0.1) is 0 Å². The number of nitrogens with one attached hydrogen (secondary N) is 1. The van der Waals surface area contributed by atoms with Gasteiger partial charge < -0.3 is 15.3 Å². The summed E-state index contributed by atoms with van der Waals surface area (Å²) in [7, 11) is 0. The van der Waals surface area contributed by atoms with Gasteiger partial charge >= 0.3 is 18.2 Å². The summed E-state index contributed by atoms with van der Waals surface area (Å²) in [6.07, 6.45) is -0.758. The Hall–Kier alpha value is -1.47. The van der Waals surface area contributed by atoms with E-state index in [0.29, 0.717) is 12.8 Å². The highest BCUT2D eigenvalue weighted by molar-refractivity contribution is 5.80. The fourth-order valence-electron chi connectivity index (χ4n) is 1.93. The van der Waals surface area contributed by atoms with Crippen LogP contribution in [0.3, 0.4) is 0 Å². The lowest BCUT2D eigenvalue weighted by molar-refractivity contribution is -0.149. The zero-order valence-electron chi connectivity index (χ0n) is 12.4. The van der Waals surface area contributed by atoms with Crippen LogP contribution >= 0.6 is 0 Å². The number of nitrogens with zero attached hydrogens (tertiary/aromatic N) is 1. The largest absolute Gasteiger partial charge is 0.480 e.